The molecule has 0 saturated heterocycles. The average molecular weight is 320 g/mol. The van der Waals surface area contributed by atoms with Crippen molar-refractivity contribution in [3.63, 3.8) is 0 Å². The summed E-state index contributed by atoms with van der Waals surface area (Å²) in [6.07, 6.45) is 4.92. The number of terminal acetylenes is 1. The van der Waals surface area contributed by atoms with Crippen LogP contribution in [0.3, 0.4) is 0 Å². The quantitative estimate of drug-likeness (QED) is 0.168. The zero-order chi connectivity index (χ0) is 10.3. The number of carboxylic acid groups (broad SMARTS) is 1. The summed E-state index contributed by atoms with van der Waals surface area (Å²) in [5, 5.41) is 9.84. The van der Waals surface area contributed by atoms with E-state index in [-0.39, 0.29) is 29.6 Å². The molecule has 1 unspecified atom stereocenters. The maximum absolute atomic E-state index is 10.7. The third kappa shape index (κ3) is 10.3. The minimum Gasteiger partial charge on any atom is -0.548 e. The number of halogens is 1. The molecule has 0 aromatic rings. The summed E-state index contributed by atoms with van der Waals surface area (Å²) < 4.78 is 8.28. The van der Waals surface area contributed by atoms with Crippen LogP contribution >= 0.6 is 22.6 Å². The minimum absolute atomic E-state index is 0. The Labute approximate surface area is 117 Å². The molecule has 0 rings (SSSR count). The number of esters is 1. The summed E-state index contributed by atoms with van der Waals surface area (Å²) in [5.74, 6) is 0.0520. The molecule has 0 spiro atoms. The topological polar surface area (TPSA) is 75.7 Å². The first-order valence-corrected chi connectivity index (χ1v) is 4.38. The number of alkyl halides is 1. The van der Waals surface area contributed by atoms with E-state index >= 15 is 0 Å². The molecule has 0 aromatic heterocycles. The van der Waals surface area contributed by atoms with Gasteiger partial charge in [-0.1, -0.05) is 5.92 Å². The Kier molecular flexibility index (Phi) is 11.6. The van der Waals surface area contributed by atoms with Crippen molar-refractivity contribution in [2.24, 2.45) is 0 Å². The normalized spacial score (nSPS) is 10.6. The van der Waals surface area contributed by atoms with Crippen LogP contribution in [0, 0.1) is 12.3 Å². The second-order valence-corrected chi connectivity index (χ2v) is 2.97. The predicted molar refractivity (Wildman–Crippen MR) is 48.6 cm³/mol. The van der Waals surface area contributed by atoms with Crippen molar-refractivity contribution in [3.05, 3.63) is 0 Å². The molecule has 0 N–H and O–H groups in total. The van der Waals surface area contributed by atoms with Gasteiger partial charge in [0, 0.05) is 0 Å². The van der Waals surface area contributed by atoms with Gasteiger partial charge in [-0.3, -0.25) is 0 Å². The molecule has 0 amide bonds. The van der Waals surface area contributed by atoms with Gasteiger partial charge in [-0.05, 0) is 22.6 Å². The van der Waals surface area contributed by atoms with Crippen molar-refractivity contribution in [1.29, 1.82) is 0 Å². The van der Waals surface area contributed by atoms with Crippen molar-refractivity contribution in [2.75, 3.05) is 13.2 Å². The first-order valence-electron chi connectivity index (χ1n) is 3.13. The van der Waals surface area contributed by atoms with E-state index in [2.05, 4.69) is 15.4 Å². The second-order valence-electron chi connectivity index (χ2n) is 1.84. The number of hydrogen-bond donors (Lipinski definition) is 0. The maximum atomic E-state index is 10.7. The van der Waals surface area contributed by atoms with E-state index < -0.39 is 29.3 Å². The van der Waals surface area contributed by atoms with Crippen LogP contribution in [-0.2, 0) is 19.1 Å². The predicted octanol–water partition coefficient (Wildman–Crippen LogP) is -4.31. The first-order chi connectivity index (χ1) is 6.06. The summed E-state index contributed by atoms with van der Waals surface area (Å²) in [6.45, 7) is -1.09. The Balaban J connectivity index is 0. The molecule has 14 heavy (non-hydrogen) atoms. The summed E-state index contributed by atoms with van der Waals surface area (Å²) >= 11 is 1.72. The van der Waals surface area contributed by atoms with Crippen molar-refractivity contribution in [2.45, 2.75) is 4.11 Å². The van der Waals surface area contributed by atoms with Crippen LogP contribution in [-0.4, -0.2) is 29.3 Å². The van der Waals surface area contributed by atoms with E-state index in [4.69, 9.17) is 6.42 Å². The number of aliphatic carboxylic acids is 1. The Hall–Kier alpha value is 0.190. The average Bonchev–Trinajstić information content (AvgIpc) is 2.03. The van der Waals surface area contributed by atoms with Crippen LogP contribution in [0.2, 0.25) is 0 Å². The number of hydrogen-bond acceptors (Lipinski definition) is 5. The fourth-order valence-electron chi connectivity index (χ4n) is 0.401. The van der Waals surface area contributed by atoms with Gasteiger partial charge in [0.1, 0.15) is 6.61 Å². The van der Waals surface area contributed by atoms with E-state index in [0.29, 0.717) is 0 Å². The molecular weight excluding hydrogens is 314 g/mol. The van der Waals surface area contributed by atoms with E-state index in [0.717, 1.165) is 0 Å². The Morgan fingerprint density at radius 2 is 2.07 bits per heavy atom. The van der Waals surface area contributed by atoms with Gasteiger partial charge in [0.2, 0.25) is 4.11 Å². The summed E-state index contributed by atoms with van der Waals surface area (Å²) in [7, 11) is 0. The molecule has 7 heteroatoms. The first kappa shape index (κ1) is 16.6. The standard InChI is InChI=1S/C7H7IO5.Na/c1-2-5(8)13-7(11)4-12-3-6(9)10;/h1,5H,3-4H2,(H,9,10);/q;+1/p-1. The molecule has 0 heterocycles. The van der Waals surface area contributed by atoms with Crippen molar-refractivity contribution in [1.82, 2.24) is 0 Å². The molecular formula is C7H6INaO5. The van der Waals surface area contributed by atoms with Gasteiger partial charge in [-0.15, -0.1) is 6.42 Å². The number of rotatable bonds is 5. The molecule has 1 atom stereocenters. The molecule has 5 nitrogen and oxygen atoms in total. The summed E-state index contributed by atoms with van der Waals surface area (Å²) in [6, 6.07) is 0. The van der Waals surface area contributed by atoms with Gasteiger partial charge < -0.3 is 19.4 Å². The molecule has 0 bridgehead atoms. The van der Waals surface area contributed by atoms with Crippen LogP contribution in [0.5, 0.6) is 0 Å². The van der Waals surface area contributed by atoms with Gasteiger partial charge in [0.25, 0.3) is 0 Å². The number of carbonyl (C=O) groups is 2. The minimum atomic E-state index is -1.39. The van der Waals surface area contributed by atoms with Gasteiger partial charge in [0.05, 0.1) is 12.6 Å². The Morgan fingerprint density at radius 3 is 2.50 bits per heavy atom. The fraction of sp³-hybridized carbons (Fsp3) is 0.429. The van der Waals surface area contributed by atoms with Gasteiger partial charge >= 0.3 is 35.5 Å². The zero-order valence-corrected chi connectivity index (χ0v) is 11.6. The Bertz CT molecular complexity index is 237. The summed E-state index contributed by atoms with van der Waals surface area (Å²) in [5.41, 5.74) is 0. The van der Waals surface area contributed by atoms with Crippen LogP contribution in [0.4, 0.5) is 0 Å². The monoisotopic (exact) mass is 320 g/mol. The van der Waals surface area contributed by atoms with Gasteiger partial charge in [0.15, 0.2) is 0 Å². The SMILES string of the molecule is C#CC(I)OC(=O)COCC(=O)[O-].[Na+]. The van der Waals surface area contributed by atoms with E-state index in [9.17, 15) is 14.7 Å². The van der Waals surface area contributed by atoms with E-state index in [1.54, 1.807) is 22.6 Å². The molecule has 0 aliphatic rings. The van der Waals surface area contributed by atoms with Crippen LogP contribution in [0.25, 0.3) is 0 Å². The third-order valence-corrected chi connectivity index (χ3v) is 1.42. The second kappa shape index (κ2) is 9.73. The molecule has 0 aliphatic heterocycles. The van der Waals surface area contributed by atoms with Crippen LogP contribution in [0.15, 0.2) is 0 Å². The van der Waals surface area contributed by atoms with E-state index in [1.807, 2.05) is 0 Å². The molecule has 0 fully saturated rings. The fourth-order valence-corrected chi connectivity index (χ4v) is 0.685. The van der Waals surface area contributed by atoms with Crippen LogP contribution in [0.1, 0.15) is 0 Å². The van der Waals surface area contributed by atoms with Crippen molar-refractivity contribution < 1.29 is 53.7 Å². The zero-order valence-electron chi connectivity index (χ0n) is 7.49. The number of carboxylic acids is 1. The number of carbonyl (C=O) groups excluding carboxylic acids is 2. The molecule has 0 radical (unpaired) electrons. The smallest absolute Gasteiger partial charge is 0.548 e. The van der Waals surface area contributed by atoms with Crippen molar-refractivity contribution >= 4 is 34.5 Å². The third-order valence-electron chi connectivity index (χ3n) is 0.806. The summed E-state index contributed by atoms with van der Waals surface area (Å²) in [4.78, 5) is 20.6. The van der Waals surface area contributed by atoms with Gasteiger partial charge in [-0.2, -0.15) is 0 Å². The Morgan fingerprint density at radius 1 is 1.50 bits per heavy atom. The largest absolute Gasteiger partial charge is 1.00 e. The molecule has 72 valence electrons. The maximum Gasteiger partial charge on any atom is 1.00 e. The van der Waals surface area contributed by atoms with E-state index in [1.165, 1.54) is 0 Å². The number of ether oxygens (including phenoxy) is 2. The van der Waals surface area contributed by atoms with Crippen molar-refractivity contribution in [3.8, 4) is 12.3 Å². The molecule has 0 aliphatic carbocycles. The molecule has 0 aromatic carbocycles. The van der Waals surface area contributed by atoms with Gasteiger partial charge in [-0.25, -0.2) is 4.79 Å². The molecule has 0 saturated carbocycles. The van der Waals surface area contributed by atoms with Crippen LogP contribution < -0.4 is 34.7 Å².